The summed E-state index contributed by atoms with van der Waals surface area (Å²) < 4.78 is 60.0. The van der Waals surface area contributed by atoms with E-state index in [0.717, 1.165) is 19.0 Å². The molecule has 152 valence electrons. The molecule has 2 rings (SSSR count). The van der Waals surface area contributed by atoms with Crippen LogP contribution in [-0.4, -0.2) is 42.0 Å². The van der Waals surface area contributed by atoms with Crippen LogP contribution in [0.2, 0.25) is 6.04 Å². The van der Waals surface area contributed by atoms with E-state index in [2.05, 4.69) is 27.9 Å². The van der Waals surface area contributed by atoms with Crippen LogP contribution >= 0.6 is 0 Å². The van der Waals surface area contributed by atoms with Crippen molar-refractivity contribution in [2.24, 2.45) is 0 Å². The summed E-state index contributed by atoms with van der Waals surface area (Å²) in [5.74, 6) is 0. The van der Waals surface area contributed by atoms with Gasteiger partial charge in [0.05, 0.1) is 6.54 Å². The van der Waals surface area contributed by atoms with Gasteiger partial charge in [-0.25, -0.2) is 9.13 Å². The van der Waals surface area contributed by atoms with Crippen LogP contribution in [0.1, 0.15) is 44.6 Å². The number of aromatic nitrogens is 2. The van der Waals surface area contributed by atoms with E-state index >= 15 is 0 Å². The van der Waals surface area contributed by atoms with Gasteiger partial charge in [0.25, 0.3) is 0 Å². The van der Waals surface area contributed by atoms with Gasteiger partial charge in [-0.15, -0.1) is 0 Å². The number of hydrogen-bond acceptors (Lipinski definition) is 3. The van der Waals surface area contributed by atoms with Gasteiger partial charge in [0.2, 0.25) is 6.33 Å². The highest BCUT2D eigenvalue weighted by Gasteiger charge is 2.37. The predicted octanol–water partition coefficient (Wildman–Crippen LogP) is 3.85. The van der Waals surface area contributed by atoms with Crippen LogP contribution in [0, 0.1) is 0 Å². The zero-order valence-corrected chi connectivity index (χ0v) is 16.7. The van der Waals surface area contributed by atoms with Crippen molar-refractivity contribution in [1.29, 1.82) is 0 Å². The SMILES string of the molecule is CO[Si](CCCn1cc[n+](C2CCCCC2)c1)(OC)OC.F[B-](F)(F)F. The number of rotatable bonds is 8. The van der Waals surface area contributed by atoms with Gasteiger partial charge in [0.15, 0.2) is 0 Å². The van der Waals surface area contributed by atoms with Crippen molar-refractivity contribution in [2.45, 2.75) is 57.2 Å². The first-order valence-electron chi connectivity index (χ1n) is 8.82. The third-order valence-corrected chi connectivity index (χ3v) is 7.37. The average Bonchev–Trinajstić information content (AvgIpc) is 3.07. The molecule has 0 aromatic carbocycles. The Morgan fingerprint density at radius 2 is 1.58 bits per heavy atom. The molecule has 26 heavy (non-hydrogen) atoms. The maximum absolute atomic E-state index is 9.75. The smallest absolute Gasteiger partial charge is 0.418 e. The second-order valence-corrected chi connectivity index (χ2v) is 9.38. The van der Waals surface area contributed by atoms with Gasteiger partial charge in [-0.3, -0.25) is 0 Å². The molecule has 0 atom stereocenters. The molecule has 1 aromatic heterocycles. The van der Waals surface area contributed by atoms with E-state index < -0.39 is 16.1 Å². The maximum Gasteiger partial charge on any atom is 0.673 e. The minimum Gasteiger partial charge on any atom is -0.418 e. The molecule has 0 saturated heterocycles. The molecule has 1 fully saturated rings. The van der Waals surface area contributed by atoms with Crippen LogP contribution in [0.15, 0.2) is 18.7 Å². The van der Waals surface area contributed by atoms with Crippen molar-refractivity contribution in [1.82, 2.24) is 4.57 Å². The second-order valence-electron chi connectivity index (χ2n) is 6.28. The summed E-state index contributed by atoms with van der Waals surface area (Å²) in [5, 5.41) is 0. The summed E-state index contributed by atoms with van der Waals surface area (Å²) in [6, 6.07) is 1.54. The zero-order chi connectivity index (χ0) is 19.6. The first kappa shape index (κ1) is 23.1. The Kier molecular flexibility index (Phi) is 9.83. The monoisotopic (exact) mass is 400 g/mol. The van der Waals surface area contributed by atoms with E-state index in [4.69, 9.17) is 13.3 Å². The van der Waals surface area contributed by atoms with Crippen molar-refractivity contribution in [3.05, 3.63) is 18.7 Å². The van der Waals surface area contributed by atoms with Crippen molar-refractivity contribution in [2.75, 3.05) is 21.3 Å². The fourth-order valence-corrected chi connectivity index (χ4v) is 4.88. The maximum atomic E-state index is 9.75. The Labute approximate surface area is 153 Å². The van der Waals surface area contributed by atoms with Gasteiger partial charge in [-0.05, 0) is 32.1 Å². The topological polar surface area (TPSA) is 36.5 Å². The normalized spacial score (nSPS) is 16.3. The molecule has 1 aromatic rings. The molecule has 0 aliphatic heterocycles. The molecule has 1 aliphatic carbocycles. The van der Waals surface area contributed by atoms with E-state index in [0.29, 0.717) is 6.04 Å². The number of imidazole rings is 1. The van der Waals surface area contributed by atoms with E-state index in [1.165, 1.54) is 32.1 Å². The molecule has 1 heterocycles. The minimum atomic E-state index is -6.00. The minimum absolute atomic E-state index is 0.699. The largest absolute Gasteiger partial charge is 0.673 e. The Hall–Kier alpha value is -0.908. The van der Waals surface area contributed by atoms with Gasteiger partial charge in [0.1, 0.15) is 18.4 Å². The van der Waals surface area contributed by atoms with Gasteiger partial charge in [0, 0.05) is 27.4 Å². The summed E-state index contributed by atoms with van der Waals surface area (Å²) >= 11 is 0. The molecule has 0 unspecified atom stereocenters. The summed E-state index contributed by atoms with van der Waals surface area (Å²) in [4.78, 5) is 0. The highest BCUT2D eigenvalue weighted by molar-refractivity contribution is 6.60. The Balaban J connectivity index is 0.000000597. The lowest BCUT2D eigenvalue weighted by Gasteiger charge is -2.23. The Morgan fingerprint density at radius 1 is 1.04 bits per heavy atom. The van der Waals surface area contributed by atoms with Gasteiger partial charge >= 0.3 is 16.1 Å². The molecule has 5 nitrogen and oxygen atoms in total. The number of hydrogen-bond donors (Lipinski definition) is 0. The highest BCUT2D eigenvalue weighted by atomic mass is 28.4. The standard InChI is InChI=1S/C15H29N2O3Si.BF4/c1-18-21(19-2,20-3)13-7-10-16-11-12-17(14-16)15-8-5-4-6-9-15;2-1(3,4)5/h11-12,14-15H,4-10,13H2,1-3H3;/q+1;-1. The lowest BCUT2D eigenvalue weighted by atomic mass is 9.95. The van der Waals surface area contributed by atoms with Crippen molar-refractivity contribution >= 4 is 16.1 Å². The number of nitrogens with zero attached hydrogens (tertiary/aromatic N) is 2. The van der Waals surface area contributed by atoms with Crippen LogP contribution in [0.25, 0.3) is 0 Å². The van der Waals surface area contributed by atoms with E-state index in [1.54, 1.807) is 21.3 Å². The second kappa shape index (κ2) is 11.1. The average molecular weight is 400 g/mol. The van der Waals surface area contributed by atoms with Crippen molar-refractivity contribution < 1.29 is 35.1 Å². The first-order chi connectivity index (χ1) is 12.2. The molecule has 11 heteroatoms. The first-order valence-corrected chi connectivity index (χ1v) is 10.8. The van der Waals surface area contributed by atoms with E-state index in [9.17, 15) is 17.3 Å². The zero-order valence-electron chi connectivity index (χ0n) is 15.7. The fraction of sp³-hybridized carbons (Fsp3) is 0.800. The Bertz CT molecular complexity index is 495. The quantitative estimate of drug-likeness (QED) is 0.378. The molecule has 0 radical (unpaired) electrons. The van der Waals surface area contributed by atoms with Gasteiger partial charge in [-0.1, -0.05) is 6.42 Å². The third kappa shape index (κ3) is 8.65. The van der Waals surface area contributed by atoms with E-state index in [-0.39, 0.29) is 0 Å². The van der Waals surface area contributed by atoms with Crippen LogP contribution in [0.3, 0.4) is 0 Å². The summed E-state index contributed by atoms with van der Waals surface area (Å²) in [7, 11) is -3.40. The number of halogens is 4. The molecule has 0 amide bonds. The van der Waals surface area contributed by atoms with Gasteiger partial charge in [-0.2, -0.15) is 0 Å². The fourth-order valence-electron chi connectivity index (χ4n) is 3.17. The van der Waals surface area contributed by atoms with Crippen LogP contribution in [-0.2, 0) is 19.8 Å². The number of aryl methyl sites for hydroxylation is 1. The third-order valence-electron chi connectivity index (χ3n) is 4.54. The van der Waals surface area contributed by atoms with Crippen molar-refractivity contribution in [3.63, 3.8) is 0 Å². The molecule has 1 aliphatic rings. The molecule has 0 N–H and O–H groups in total. The van der Waals surface area contributed by atoms with Crippen LogP contribution < -0.4 is 4.57 Å². The lowest BCUT2D eigenvalue weighted by molar-refractivity contribution is -0.725. The van der Waals surface area contributed by atoms with Crippen LogP contribution in [0.4, 0.5) is 17.3 Å². The summed E-state index contributed by atoms with van der Waals surface area (Å²) in [6.45, 7) is 0.977. The molecular weight excluding hydrogens is 371 g/mol. The lowest BCUT2D eigenvalue weighted by Crippen LogP contribution is -2.42. The van der Waals surface area contributed by atoms with Crippen LogP contribution in [0.5, 0.6) is 0 Å². The van der Waals surface area contributed by atoms with Gasteiger partial charge < -0.3 is 30.5 Å². The summed E-state index contributed by atoms with van der Waals surface area (Å²) in [5.41, 5.74) is 0. The molecular formula is C15H29BF4N2O3Si. The highest BCUT2D eigenvalue weighted by Crippen LogP contribution is 2.23. The van der Waals surface area contributed by atoms with E-state index in [1.807, 2.05) is 0 Å². The molecule has 1 saturated carbocycles. The Morgan fingerprint density at radius 3 is 2.08 bits per heavy atom. The van der Waals surface area contributed by atoms with Crippen molar-refractivity contribution in [3.8, 4) is 0 Å². The molecule has 0 spiro atoms. The summed E-state index contributed by atoms with van der Waals surface area (Å²) in [6.07, 6.45) is 14.4. The molecule has 0 bridgehead atoms. The predicted molar refractivity (Wildman–Crippen MR) is 93.1 cm³/mol.